The van der Waals surface area contributed by atoms with E-state index >= 15 is 0 Å². The number of imide groups is 1. The fourth-order valence-electron chi connectivity index (χ4n) is 4.18. The minimum absolute atomic E-state index is 0.118. The highest BCUT2D eigenvalue weighted by molar-refractivity contribution is 6.33. The molecule has 3 aromatic carbocycles. The molecular formula is C28H25NO6. The summed E-state index contributed by atoms with van der Waals surface area (Å²) in [5.41, 5.74) is 3.06. The maximum atomic E-state index is 13.6. The molecule has 2 aliphatic rings. The largest absolute Gasteiger partial charge is 0.493 e. The van der Waals surface area contributed by atoms with Crippen LogP contribution in [0.5, 0.6) is 23.0 Å². The second-order valence-corrected chi connectivity index (χ2v) is 8.25. The van der Waals surface area contributed by atoms with Crippen LogP contribution >= 0.6 is 0 Å². The van der Waals surface area contributed by atoms with Crippen molar-refractivity contribution < 1.29 is 28.5 Å². The van der Waals surface area contributed by atoms with E-state index in [1.54, 1.807) is 43.5 Å². The number of carbonyl (C=O) groups excluding carboxylic acids is 2. The minimum atomic E-state index is -0.364. The van der Waals surface area contributed by atoms with Crippen molar-refractivity contribution in [2.24, 2.45) is 0 Å². The Hall–Kier alpha value is -4.26. The third-order valence-electron chi connectivity index (χ3n) is 5.91. The van der Waals surface area contributed by atoms with E-state index in [0.717, 1.165) is 17.5 Å². The SMILES string of the molecule is CCCOc1ccc(/C=C2/C(=O)N(Cc3ccc4c(c3)OCO4)C(=O)c3ccccc32)cc1OC. The highest BCUT2D eigenvalue weighted by Gasteiger charge is 2.35. The summed E-state index contributed by atoms with van der Waals surface area (Å²) in [4.78, 5) is 28.2. The van der Waals surface area contributed by atoms with Crippen LogP contribution in [0.25, 0.3) is 11.6 Å². The van der Waals surface area contributed by atoms with E-state index < -0.39 is 0 Å². The lowest BCUT2D eigenvalue weighted by Crippen LogP contribution is -2.41. The molecule has 0 radical (unpaired) electrons. The van der Waals surface area contributed by atoms with Crippen LogP contribution in [0.4, 0.5) is 0 Å². The number of hydrogen-bond donors (Lipinski definition) is 0. The normalized spacial score (nSPS) is 15.4. The van der Waals surface area contributed by atoms with Crippen molar-refractivity contribution in [1.82, 2.24) is 4.90 Å². The van der Waals surface area contributed by atoms with Gasteiger partial charge in [0, 0.05) is 11.1 Å². The second kappa shape index (κ2) is 9.54. The monoisotopic (exact) mass is 471 g/mol. The standard InChI is InChI=1S/C28H25NO6/c1-3-12-33-23-10-8-18(14-25(23)32-2)13-22-20-6-4-5-7-21(20)27(30)29(28(22)31)16-19-9-11-24-26(15-19)35-17-34-24/h4-11,13-15H,3,12,16-17H2,1-2H3/b22-13+. The number of hydrogen-bond acceptors (Lipinski definition) is 6. The number of methoxy groups -OCH3 is 1. The summed E-state index contributed by atoms with van der Waals surface area (Å²) in [6.07, 6.45) is 2.67. The molecule has 0 N–H and O–H groups in total. The lowest BCUT2D eigenvalue weighted by Gasteiger charge is -2.29. The maximum Gasteiger partial charge on any atom is 0.261 e. The van der Waals surface area contributed by atoms with Gasteiger partial charge in [0.25, 0.3) is 11.8 Å². The average molecular weight is 472 g/mol. The van der Waals surface area contributed by atoms with Gasteiger partial charge in [0.15, 0.2) is 23.0 Å². The summed E-state index contributed by atoms with van der Waals surface area (Å²) >= 11 is 0. The third-order valence-corrected chi connectivity index (χ3v) is 5.91. The maximum absolute atomic E-state index is 13.6. The van der Waals surface area contributed by atoms with E-state index in [2.05, 4.69) is 0 Å². The predicted molar refractivity (Wildman–Crippen MR) is 131 cm³/mol. The molecule has 0 atom stereocenters. The molecule has 0 unspecified atom stereocenters. The molecule has 5 rings (SSSR count). The van der Waals surface area contributed by atoms with Gasteiger partial charge in [-0.1, -0.05) is 37.3 Å². The Balaban J connectivity index is 1.51. The van der Waals surface area contributed by atoms with E-state index in [1.807, 2.05) is 37.3 Å². The van der Waals surface area contributed by atoms with Crippen LogP contribution in [0.15, 0.2) is 60.7 Å². The molecule has 2 aliphatic heterocycles. The first kappa shape index (κ1) is 22.5. The van der Waals surface area contributed by atoms with E-state index in [9.17, 15) is 9.59 Å². The van der Waals surface area contributed by atoms with Gasteiger partial charge in [-0.25, -0.2) is 0 Å². The van der Waals surface area contributed by atoms with Gasteiger partial charge < -0.3 is 18.9 Å². The molecule has 2 heterocycles. The van der Waals surface area contributed by atoms with Crippen molar-refractivity contribution in [1.29, 1.82) is 0 Å². The first-order valence-corrected chi connectivity index (χ1v) is 11.5. The average Bonchev–Trinajstić information content (AvgIpc) is 3.36. The minimum Gasteiger partial charge on any atom is -0.493 e. The Morgan fingerprint density at radius 2 is 1.71 bits per heavy atom. The first-order chi connectivity index (χ1) is 17.1. The summed E-state index contributed by atoms with van der Waals surface area (Å²) in [6, 6.07) is 18.1. The number of carbonyl (C=O) groups is 2. The highest BCUT2D eigenvalue weighted by Crippen LogP contribution is 2.36. The van der Waals surface area contributed by atoms with Crippen molar-refractivity contribution in [2.75, 3.05) is 20.5 Å². The summed E-state index contributed by atoms with van der Waals surface area (Å²) in [6.45, 7) is 2.90. The number of rotatable bonds is 7. The Labute approximate surface area is 203 Å². The Morgan fingerprint density at radius 3 is 2.51 bits per heavy atom. The van der Waals surface area contributed by atoms with E-state index in [-0.39, 0.29) is 25.2 Å². The van der Waals surface area contributed by atoms with Gasteiger partial charge in [-0.2, -0.15) is 0 Å². The Morgan fingerprint density at radius 1 is 0.914 bits per heavy atom. The van der Waals surface area contributed by atoms with Crippen LogP contribution in [0, 0.1) is 0 Å². The molecule has 178 valence electrons. The first-order valence-electron chi connectivity index (χ1n) is 11.5. The molecule has 3 aromatic rings. The molecule has 0 fully saturated rings. The van der Waals surface area contributed by atoms with Gasteiger partial charge in [-0.05, 0) is 59.5 Å². The number of benzene rings is 3. The van der Waals surface area contributed by atoms with Crippen LogP contribution in [0.3, 0.4) is 0 Å². The molecule has 0 saturated heterocycles. The number of nitrogens with zero attached hydrogens (tertiary/aromatic N) is 1. The number of amides is 2. The molecule has 7 heteroatoms. The summed E-state index contributed by atoms with van der Waals surface area (Å²) in [5, 5.41) is 0. The molecular weight excluding hydrogens is 446 g/mol. The van der Waals surface area contributed by atoms with Gasteiger partial charge in [0.1, 0.15) is 0 Å². The molecule has 0 bridgehead atoms. The Bertz CT molecular complexity index is 1330. The zero-order valence-corrected chi connectivity index (χ0v) is 19.6. The van der Waals surface area contributed by atoms with Gasteiger partial charge in [0.2, 0.25) is 6.79 Å². The summed E-state index contributed by atoms with van der Waals surface area (Å²) in [5.74, 6) is 1.78. The van der Waals surface area contributed by atoms with Crippen LogP contribution in [0.2, 0.25) is 0 Å². The smallest absolute Gasteiger partial charge is 0.261 e. The van der Waals surface area contributed by atoms with Gasteiger partial charge >= 0.3 is 0 Å². The molecule has 0 aliphatic carbocycles. The highest BCUT2D eigenvalue weighted by atomic mass is 16.7. The summed E-state index contributed by atoms with van der Waals surface area (Å²) in [7, 11) is 1.58. The van der Waals surface area contributed by atoms with Crippen molar-refractivity contribution in [3.8, 4) is 23.0 Å². The second-order valence-electron chi connectivity index (χ2n) is 8.25. The van der Waals surface area contributed by atoms with Gasteiger partial charge in [0.05, 0.1) is 20.3 Å². The van der Waals surface area contributed by atoms with Crippen molar-refractivity contribution >= 4 is 23.5 Å². The lowest BCUT2D eigenvalue weighted by molar-refractivity contribution is -0.123. The molecule has 0 spiro atoms. The van der Waals surface area contributed by atoms with E-state index in [0.29, 0.717) is 46.3 Å². The third kappa shape index (κ3) is 4.33. The molecule has 0 saturated carbocycles. The lowest BCUT2D eigenvalue weighted by atomic mass is 9.91. The van der Waals surface area contributed by atoms with Crippen LogP contribution in [-0.2, 0) is 11.3 Å². The molecule has 35 heavy (non-hydrogen) atoms. The van der Waals surface area contributed by atoms with Crippen molar-refractivity contribution in [2.45, 2.75) is 19.9 Å². The van der Waals surface area contributed by atoms with Crippen molar-refractivity contribution in [3.63, 3.8) is 0 Å². The molecule has 2 amide bonds. The predicted octanol–water partition coefficient (Wildman–Crippen LogP) is 4.94. The zero-order valence-electron chi connectivity index (χ0n) is 19.6. The summed E-state index contributed by atoms with van der Waals surface area (Å²) < 4.78 is 22.1. The van der Waals surface area contributed by atoms with Gasteiger partial charge in [-0.3, -0.25) is 14.5 Å². The van der Waals surface area contributed by atoms with Crippen LogP contribution < -0.4 is 18.9 Å². The number of ether oxygens (including phenoxy) is 4. The van der Waals surface area contributed by atoms with Crippen LogP contribution in [-0.4, -0.2) is 37.2 Å². The van der Waals surface area contributed by atoms with E-state index in [1.165, 1.54) is 4.90 Å². The van der Waals surface area contributed by atoms with Crippen molar-refractivity contribution in [3.05, 3.63) is 82.9 Å². The van der Waals surface area contributed by atoms with Gasteiger partial charge in [-0.15, -0.1) is 0 Å². The topological polar surface area (TPSA) is 74.3 Å². The fourth-order valence-corrected chi connectivity index (χ4v) is 4.18. The van der Waals surface area contributed by atoms with Crippen LogP contribution in [0.1, 0.15) is 40.4 Å². The van der Waals surface area contributed by atoms with E-state index in [4.69, 9.17) is 18.9 Å². The fraction of sp³-hybridized carbons (Fsp3) is 0.214. The Kier molecular flexibility index (Phi) is 6.14. The molecule has 7 nitrogen and oxygen atoms in total. The zero-order chi connectivity index (χ0) is 24.4. The number of fused-ring (bicyclic) bond motifs is 2. The molecule has 0 aromatic heterocycles. The quantitative estimate of drug-likeness (QED) is 0.359.